The molecule has 0 aliphatic carbocycles. The van der Waals surface area contributed by atoms with Crippen molar-refractivity contribution in [3.05, 3.63) is 77.5 Å². The average molecular weight is 461 g/mol. The normalized spacial score (nSPS) is 20.9. The highest BCUT2D eigenvalue weighted by Gasteiger charge is 2.38. The summed E-state index contributed by atoms with van der Waals surface area (Å²) in [4.78, 5) is 26.3. The number of aromatic carboxylic acids is 1. The minimum atomic E-state index is -0.972. The minimum Gasteiger partial charge on any atom is -0.489 e. The van der Waals surface area contributed by atoms with E-state index in [-0.39, 0.29) is 29.2 Å². The fraction of sp³-hybridized carbons (Fsp3) is 0.346. The van der Waals surface area contributed by atoms with Gasteiger partial charge < -0.3 is 20.1 Å². The molecule has 3 heterocycles. The van der Waals surface area contributed by atoms with E-state index in [1.807, 2.05) is 22.9 Å². The van der Waals surface area contributed by atoms with Crippen LogP contribution in [0.1, 0.15) is 59.0 Å². The summed E-state index contributed by atoms with van der Waals surface area (Å²) in [5.41, 5.74) is 1.73. The molecule has 8 nitrogen and oxygen atoms in total. The molecular formula is C26H28N4O4. The lowest BCUT2D eigenvalue weighted by molar-refractivity contribution is 0.0695. The van der Waals surface area contributed by atoms with Crippen LogP contribution < -0.4 is 10.1 Å². The zero-order valence-corrected chi connectivity index (χ0v) is 19.3. The molecule has 8 heteroatoms. The van der Waals surface area contributed by atoms with Gasteiger partial charge in [0.05, 0.1) is 29.9 Å². The molecule has 0 spiro atoms. The summed E-state index contributed by atoms with van der Waals surface area (Å²) in [5, 5.41) is 17.2. The Morgan fingerprint density at radius 2 is 1.85 bits per heavy atom. The highest BCUT2D eigenvalue weighted by atomic mass is 16.5. The maximum atomic E-state index is 13.5. The van der Waals surface area contributed by atoms with E-state index >= 15 is 0 Å². The molecule has 2 aliphatic heterocycles. The number of nitrogens with zero attached hydrogens (tertiary/aromatic N) is 3. The lowest BCUT2D eigenvalue weighted by Gasteiger charge is -2.38. The van der Waals surface area contributed by atoms with Gasteiger partial charge in [0.1, 0.15) is 23.2 Å². The quantitative estimate of drug-likeness (QED) is 0.593. The zero-order chi connectivity index (χ0) is 23.9. The van der Waals surface area contributed by atoms with Crippen LogP contribution in [-0.4, -0.2) is 50.9 Å². The predicted octanol–water partition coefficient (Wildman–Crippen LogP) is 4.17. The monoisotopic (exact) mass is 460 g/mol. The maximum absolute atomic E-state index is 13.5. The van der Waals surface area contributed by atoms with E-state index in [2.05, 4.69) is 36.4 Å². The number of carbonyl (C=O) groups excluding carboxylic acids is 1. The van der Waals surface area contributed by atoms with Crippen LogP contribution in [0, 0.1) is 0 Å². The molecule has 34 heavy (non-hydrogen) atoms. The molecule has 1 saturated heterocycles. The van der Waals surface area contributed by atoms with Gasteiger partial charge in [-0.25, -0.2) is 9.48 Å². The number of carboxylic acid groups (broad SMARTS) is 1. The van der Waals surface area contributed by atoms with E-state index in [9.17, 15) is 9.59 Å². The molecule has 176 valence electrons. The van der Waals surface area contributed by atoms with Crippen molar-refractivity contribution in [2.75, 3.05) is 18.4 Å². The predicted molar refractivity (Wildman–Crippen MR) is 127 cm³/mol. The first kappa shape index (κ1) is 22.0. The summed E-state index contributed by atoms with van der Waals surface area (Å²) in [6.07, 6.45) is 3.09. The third-order valence-corrected chi connectivity index (χ3v) is 6.63. The summed E-state index contributed by atoms with van der Waals surface area (Å²) in [7, 11) is 0. The average Bonchev–Trinajstić information content (AvgIpc) is 3.47. The Morgan fingerprint density at radius 3 is 2.56 bits per heavy atom. The number of ether oxygens (including phenoxy) is 1. The van der Waals surface area contributed by atoms with Gasteiger partial charge in [-0.05, 0) is 50.1 Å². The first-order valence-corrected chi connectivity index (χ1v) is 11.5. The molecule has 2 unspecified atom stereocenters. The van der Waals surface area contributed by atoms with Crippen molar-refractivity contribution in [2.45, 2.75) is 44.4 Å². The molecule has 2 N–H and O–H groups in total. The summed E-state index contributed by atoms with van der Waals surface area (Å²) in [6, 6.07) is 16.7. The van der Waals surface area contributed by atoms with Crippen molar-refractivity contribution < 1.29 is 19.4 Å². The zero-order valence-electron chi connectivity index (χ0n) is 19.3. The number of benzene rings is 2. The molecule has 2 aliphatic rings. The van der Waals surface area contributed by atoms with E-state index in [1.54, 1.807) is 23.2 Å². The Hall–Kier alpha value is -3.81. The smallest absolute Gasteiger partial charge is 0.335 e. The van der Waals surface area contributed by atoms with Gasteiger partial charge in [0, 0.05) is 13.0 Å². The van der Waals surface area contributed by atoms with Gasteiger partial charge in [0.15, 0.2) is 0 Å². The molecule has 1 aromatic heterocycles. The van der Waals surface area contributed by atoms with Crippen molar-refractivity contribution in [3.8, 4) is 5.75 Å². The van der Waals surface area contributed by atoms with E-state index in [4.69, 9.17) is 9.84 Å². The van der Waals surface area contributed by atoms with Gasteiger partial charge in [-0.1, -0.05) is 30.3 Å². The Kier molecular flexibility index (Phi) is 5.51. The maximum Gasteiger partial charge on any atom is 0.335 e. The second-order valence-electron chi connectivity index (χ2n) is 9.55. The van der Waals surface area contributed by atoms with E-state index in [0.29, 0.717) is 30.8 Å². The molecule has 2 atom stereocenters. The van der Waals surface area contributed by atoms with E-state index < -0.39 is 5.97 Å². The second-order valence-corrected chi connectivity index (χ2v) is 9.55. The molecule has 1 fully saturated rings. The summed E-state index contributed by atoms with van der Waals surface area (Å²) >= 11 is 0. The van der Waals surface area contributed by atoms with Crippen molar-refractivity contribution in [1.29, 1.82) is 0 Å². The van der Waals surface area contributed by atoms with Crippen LogP contribution in [0.3, 0.4) is 0 Å². The third-order valence-electron chi connectivity index (χ3n) is 6.63. The third kappa shape index (κ3) is 4.11. The lowest BCUT2D eigenvalue weighted by atomic mass is 9.89. The molecule has 1 amide bonds. The molecular weight excluding hydrogens is 432 g/mol. The van der Waals surface area contributed by atoms with Crippen LogP contribution in [0.4, 0.5) is 5.82 Å². The summed E-state index contributed by atoms with van der Waals surface area (Å²) < 4.78 is 7.93. The number of hydrogen-bond donors (Lipinski definition) is 2. The number of aromatic nitrogens is 2. The SMILES string of the molecule is CC1(C)CC(c2ccccc2)Nc2c(C(=O)N3CCC(Oc4ccc(C(=O)O)cc4)C3)cnn21. The largest absolute Gasteiger partial charge is 0.489 e. The van der Waals surface area contributed by atoms with Gasteiger partial charge in [0.2, 0.25) is 0 Å². The number of rotatable bonds is 5. The lowest BCUT2D eigenvalue weighted by Crippen LogP contribution is -2.39. The molecule has 5 rings (SSSR count). The topological polar surface area (TPSA) is 96.7 Å². The van der Waals surface area contributed by atoms with Crippen LogP contribution >= 0.6 is 0 Å². The van der Waals surface area contributed by atoms with Gasteiger partial charge in [-0.2, -0.15) is 5.10 Å². The van der Waals surface area contributed by atoms with Crippen LogP contribution in [0.5, 0.6) is 5.75 Å². The highest BCUT2D eigenvalue weighted by molar-refractivity contribution is 5.99. The van der Waals surface area contributed by atoms with E-state index in [0.717, 1.165) is 12.2 Å². The van der Waals surface area contributed by atoms with Crippen molar-refractivity contribution in [3.63, 3.8) is 0 Å². The Morgan fingerprint density at radius 1 is 1.12 bits per heavy atom. The molecule has 3 aromatic rings. The second kappa shape index (κ2) is 8.52. The minimum absolute atomic E-state index is 0.0643. The first-order valence-electron chi connectivity index (χ1n) is 11.5. The van der Waals surface area contributed by atoms with Gasteiger partial charge in [-0.3, -0.25) is 4.79 Å². The number of carbonyl (C=O) groups is 2. The number of anilines is 1. The fourth-order valence-electron chi connectivity index (χ4n) is 4.84. The Labute approximate surface area is 198 Å². The number of likely N-dealkylation sites (tertiary alicyclic amines) is 1. The number of carboxylic acids is 1. The molecule has 0 saturated carbocycles. The Balaban J connectivity index is 1.31. The van der Waals surface area contributed by atoms with Gasteiger partial charge in [-0.15, -0.1) is 0 Å². The molecule has 0 bridgehead atoms. The number of hydrogen-bond acceptors (Lipinski definition) is 5. The van der Waals surface area contributed by atoms with Crippen LogP contribution in [0.2, 0.25) is 0 Å². The van der Waals surface area contributed by atoms with Crippen molar-refractivity contribution >= 4 is 17.7 Å². The Bertz CT molecular complexity index is 1200. The van der Waals surface area contributed by atoms with Crippen molar-refractivity contribution in [1.82, 2.24) is 14.7 Å². The van der Waals surface area contributed by atoms with Gasteiger partial charge >= 0.3 is 5.97 Å². The molecule has 2 aromatic carbocycles. The van der Waals surface area contributed by atoms with Crippen LogP contribution in [0.25, 0.3) is 0 Å². The number of nitrogens with one attached hydrogen (secondary N) is 1. The molecule has 0 radical (unpaired) electrons. The summed E-state index contributed by atoms with van der Waals surface area (Å²) in [5.74, 6) is 0.315. The number of fused-ring (bicyclic) bond motifs is 1. The van der Waals surface area contributed by atoms with Crippen molar-refractivity contribution in [2.24, 2.45) is 0 Å². The standard InChI is InChI=1S/C26H28N4O4/c1-26(2)14-22(17-6-4-3-5-7-17)28-23-21(15-27-30(23)26)24(31)29-13-12-20(16-29)34-19-10-8-18(9-11-19)25(32)33/h3-11,15,20,22,28H,12-14,16H2,1-2H3,(H,32,33). The van der Waals surface area contributed by atoms with Crippen LogP contribution in [-0.2, 0) is 5.54 Å². The fourth-order valence-corrected chi connectivity index (χ4v) is 4.84. The van der Waals surface area contributed by atoms with Gasteiger partial charge in [0.25, 0.3) is 5.91 Å². The summed E-state index contributed by atoms with van der Waals surface area (Å²) in [6.45, 7) is 5.34. The first-order chi connectivity index (χ1) is 16.3. The van der Waals surface area contributed by atoms with E-state index in [1.165, 1.54) is 17.7 Å². The number of amides is 1. The highest BCUT2D eigenvalue weighted by Crippen LogP contribution is 2.40. The van der Waals surface area contributed by atoms with Crippen LogP contribution in [0.15, 0.2) is 60.8 Å².